The van der Waals surface area contributed by atoms with Gasteiger partial charge in [-0.1, -0.05) is 19.1 Å². The van der Waals surface area contributed by atoms with E-state index in [9.17, 15) is 35.9 Å². The van der Waals surface area contributed by atoms with Crippen molar-refractivity contribution in [2.24, 2.45) is 0 Å². The number of hydrogen-bond donors (Lipinski definition) is 1. The van der Waals surface area contributed by atoms with Gasteiger partial charge in [-0.25, -0.2) is 9.97 Å². The lowest BCUT2D eigenvalue weighted by molar-refractivity contribution is -0.143. The Labute approximate surface area is 232 Å². The van der Waals surface area contributed by atoms with Crippen molar-refractivity contribution in [2.45, 2.75) is 57.8 Å². The Morgan fingerprint density at radius 2 is 1.63 bits per heavy atom. The van der Waals surface area contributed by atoms with Gasteiger partial charge in [0, 0.05) is 24.5 Å². The SMILES string of the molecule is Cc1nc([C@H](C)NC(=O)c2cc(C(F)(F)F)cc(C(F)(F)F)c2)n(-c2ccc(C(=O)N3CCC[Si](C)(C)C3)cn2)n1. The van der Waals surface area contributed by atoms with E-state index in [0.29, 0.717) is 24.2 Å². The van der Waals surface area contributed by atoms with E-state index in [4.69, 9.17) is 0 Å². The molecule has 4 rings (SSSR count). The van der Waals surface area contributed by atoms with Crippen LogP contribution in [0.2, 0.25) is 19.1 Å². The minimum absolute atomic E-state index is 0.0473. The van der Waals surface area contributed by atoms with Crippen LogP contribution in [-0.4, -0.2) is 57.2 Å². The number of amides is 2. The summed E-state index contributed by atoms with van der Waals surface area (Å²) in [6.07, 6.45) is -7.06. The molecule has 0 aliphatic carbocycles. The molecule has 3 heterocycles. The van der Waals surface area contributed by atoms with E-state index in [0.717, 1.165) is 18.6 Å². The smallest absolute Gasteiger partial charge is 0.342 e. The van der Waals surface area contributed by atoms with Crippen molar-refractivity contribution in [1.29, 1.82) is 0 Å². The van der Waals surface area contributed by atoms with Crippen LogP contribution in [0.5, 0.6) is 0 Å². The molecule has 0 saturated carbocycles. The fourth-order valence-electron chi connectivity index (χ4n) is 4.73. The van der Waals surface area contributed by atoms with Crippen molar-refractivity contribution in [3.63, 3.8) is 0 Å². The first-order chi connectivity index (χ1) is 18.9. The van der Waals surface area contributed by atoms with Crippen LogP contribution in [0.3, 0.4) is 0 Å². The molecule has 1 saturated heterocycles. The largest absolute Gasteiger partial charge is 0.416 e. The first-order valence-corrected chi connectivity index (χ1v) is 16.2. The normalized spacial score (nSPS) is 16.4. The van der Waals surface area contributed by atoms with Crippen LogP contribution in [0.25, 0.3) is 5.82 Å². The van der Waals surface area contributed by atoms with Crippen LogP contribution in [0.1, 0.15) is 62.9 Å². The molecule has 8 nitrogen and oxygen atoms in total. The molecule has 1 fully saturated rings. The van der Waals surface area contributed by atoms with E-state index in [2.05, 4.69) is 33.5 Å². The summed E-state index contributed by atoms with van der Waals surface area (Å²) in [5, 5.41) is 6.65. The summed E-state index contributed by atoms with van der Waals surface area (Å²) in [6, 6.07) is 3.99. The van der Waals surface area contributed by atoms with Crippen LogP contribution in [-0.2, 0) is 12.4 Å². The Morgan fingerprint density at radius 1 is 1.00 bits per heavy atom. The first-order valence-electron chi connectivity index (χ1n) is 12.7. The monoisotopic (exact) mass is 598 g/mol. The number of aryl methyl sites for hydroxylation is 1. The van der Waals surface area contributed by atoms with E-state index in [1.165, 1.54) is 17.8 Å². The second-order valence-electron chi connectivity index (χ2n) is 10.8. The molecular weight excluding hydrogens is 570 g/mol. The highest BCUT2D eigenvalue weighted by atomic mass is 28.3. The van der Waals surface area contributed by atoms with Crippen molar-refractivity contribution in [3.05, 3.63) is 70.4 Å². The molecule has 15 heteroatoms. The van der Waals surface area contributed by atoms with Crippen molar-refractivity contribution in [2.75, 3.05) is 12.7 Å². The maximum Gasteiger partial charge on any atom is 0.416 e. The molecular formula is C26H28F6N6O2Si. The van der Waals surface area contributed by atoms with Gasteiger partial charge >= 0.3 is 12.4 Å². The Balaban J connectivity index is 1.56. The van der Waals surface area contributed by atoms with Crippen molar-refractivity contribution >= 4 is 19.9 Å². The quantitative estimate of drug-likeness (QED) is 0.305. The molecule has 220 valence electrons. The number of hydrogen-bond acceptors (Lipinski definition) is 5. The Kier molecular flexibility index (Phi) is 8.04. The standard InChI is InChI=1S/C26H28F6N6O2Si/c1-15(34-23(39)18-10-19(25(27,28)29)12-20(11-18)26(30,31)32)22-35-16(2)36-38(22)21-7-6-17(13-33-21)24(40)37-8-5-9-41(3,4)14-37/h6-7,10-13,15H,5,8-9,14H2,1-4H3,(H,34,39)/t15-/m0/s1. The topological polar surface area (TPSA) is 93.0 Å². The zero-order valence-corrected chi connectivity index (χ0v) is 23.7. The molecule has 0 spiro atoms. The van der Waals surface area contributed by atoms with Gasteiger partial charge in [-0.2, -0.15) is 31.0 Å². The molecule has 1 N–H and O–H groups in total. The van der Waals surface area contributed by atoms with Crippen molar-refractivity contribution in [3.8, 4) is 5.82 Å². The zero-order valence-electron chi connectivity index (χ0n) is 22.7. The van der Waals surface area contributed by atoms with Gasteiger partial charge in [0.25, 0.3) is 11.8 Å². The molecule has 3 aromatic rings. The molecule has 1 aromatic carbocycles. The van der Waals surface area contributed by atoms with Crippen molar-refractivity contribution < 1.29 is 35.9 Å². The average molecular weight is 599 g/mol. The minimum atomic E-state index is -5.09. The summed E-state index contributed by atoms with van der Waals surface area (Å²) in [7, 11) is -1.48. The van der Waals surface area contributed by atoms with E-state index >= 15 is 0 Å². The molecule has 0 unspecified atom stereocenters. The summed E-state index contributed by atoms with van der Waals surface area (Å²) in [6.45, 7) is 8.18. The van der Waals surface area contributed by atoms with Gasteiger partial charge in [0.2, 0.25) is 0 Å². The highest BCUT2D eigenvalue weighted by molar-refractivity contribution is 6.77. The number of benzene rings is 1. The number of aromatic nitrogens is 4. The van der Waals surface area contributed by atoms with Gasteiger partial charge in [-0.05, 0) is 50.6 Å². The highest BCUT2D eigenvalue weighted by Crippen LogP contribution is 2.36. The molecule has 2 amide bonds. The van der Waals surface area contributed by atoms with Gasteiger partial charge in [0.15, 0.2) is 11.6 Å². The Hall–Kier alpha value is -3.75. The van der Waals surface area contributed by atoms with Gasteiger partial charge in [0.1, 0.15) is 5.82 Å². The number of halogens is 6. The first kappa shape index (κ1) is 30.2. The predicted molar refractivity (Wildman–Crippen MR) is 139 cm³/mol. The third-order valence-corrected chi connectivity index (χ3v) is 9.67. The molecule has 2 aromatic heterocycles. The van der Waals surface area contributed by atoms with Crippen LogP contribution in [0.15, 0.2) is 36.5 Å². The number of carbonyl (C=O) groups excluding carboxylic acids is 2. The number of nitrogens with one attached hydrogen (secondary N) is 1. The van der Waals surface area contributed by atoms with Crippen LogP contribution in [0, 0.1) is 6.92 Å². The second-order valence-corrected chi connectivity index (χ2v) is 16.0. The van der Waals surface area contributed by atoms with E-state index in [-0.39, 0.29) is 29.4 Å². The fraction of sp³-hybridized carbons (Fsp3) is 0.423. The fourth-order valence-corrected chi connectivity index (χ4v) is 7.34. The zero-order chi connectivity index (χ0) is 30.3. The molecule has 1 aliphatic heterocycles. The maximum atomic E-state index is 13.2. The second kappa shape index (κ2) is 10.9. The summed E-state index contributed by atoms with van der Waals surface area (Å²) < 4.78 is 80.7. The lowest BCUT2D eigenvalue weighted by atomic mass is 10.0. The van der Waals surface area contributed by atoms with Crippen LogP contribution >= 0.6 is 0 Å². The highest BCUT2D eigenvalue weighted by Gasteiger charge is 2.38. The molecule has 0 radical (unpaired) electrons. The third kappa shape index (κ3) is 6.94. The number of pyridine rings is 1. The molecule has 0 bridgehead atoms. The average Bonchev–Trinajstić information content (AvgIpc) is 3.28. The number of alkyl halides is 6. The number of nitrogens with zero attached hydrogens (tertiary/aromatic N) is 5. The van der Waals surface area contributed by atoms with Gasteiger partial charge in [-0.15, -0.1) is 5.10 Å². The summed E-state index contributed by atoms with van der Waals surface area (Å²) >= 11 is 0. The van der Waals surface area contributed by atoms with Crippen molar-refractivity contribution in [1.82, 2.24) is 30.0 Å². The Morgan fingerprint density at radius 3 is 2.17 bits per heavy atom. The number of carbonyl (C=O) groups is 2. The molecule has 1 atom stereocenters. The maximum absolute atomic E-state index is 13.2. The summed E-state index contributed by atoms with van der Waals surface area (Å²) in [4.78, 5) is 36.3. The molecule has 41 heavy (non-hydrogen) atoms. The third-order valence-electron chi connectivity index (χ3n) is 6.72. The Bertz CT molecular complexity index is 1420. The van der Waals surface area contributed by atoms with Gasteiger partial charge in [-0.3, -0.25) is 9.59 Å². The predicted octanol–water partition coefficient (Wildman–Crippen LogP) is 5.59. The van der Waals surface area contributed by atoms with E-state index in [1.54, 1.807) is 19.1 Å². The number of rotatable bonds is 5. The molecule has 1 aliphatic rings. The summed E-state index contributed by atoms with van der Waals surface area (Å²) in [5.41, 5.74) is -3.62. The van der Waals surface area contributed by atoms with E-state index in [1.807, 2.05) is 4.90 Å². The van der Waals surface area contributed by atoms with Gasteiger partial charge < -0.3 is 10.2 Å². The minimum Gasteiger partial charge on any atom is -0.342 e. The van der Waals surface area contributed by atoms with Crippen LogP contribution in [0.4, 0.5) is 26.3 Å². The lowest BCUT2D eigenvalue weighted by Gasteiger charge is -2.36. The summed E-state index contributed by atoms with van der Waals surface area (Å²) in [5.74, 6) is -0.622. The van der Waals surface area contributed by atoms with Crippen LogP contribution < -0.4 is 5.32 Å². The van der Waals surface area contributed by atoms with Gasteiger partial charge in [0.05, 0.1) is 30.8 Å². The van der Waals surface area contributed by atoms with E-state index < -0.39 is 49.1 Å². The lowest BCUT2D eigenvalue weighted by Crippen LogP contribution is -2.49.